The molecule has 1 aliphatic heterocycles. The van der Waals surface area contributed by atoms with Crippen molar-refractivity contribution in [2.45, 2.75) is 19.5 Å². The number of aromatic nitrogens is 1. The highest BCUT2D eigenvalue weighted by Gasteiger charge is 2.23. The second-order valence-electron chi connectivity index (χ2n) is 5.52. The van der Waals surface area contributed by atoms with E-state index in [-0.39, 0.29) is 0 Å². The Morgan fingerprint density at radius 1 is 1.32 bits per heavy atom. The van der Waals surface area contributed by atoms with Gasteiger partial charge in [-0.1, -0.05) is 41.9 Å². The number of benzene rings is 1. The van der Waals surface area contributed by atoms with Crippen molar-refractivity contribution in [2.24, 2.45) is 0 Å². The molecule has 0 fully saturated rings. The molecule has 0 amide bonds. The molecular formula is C17H17ClN4. The lowest BCUT2D eigenvalue weighted by molar-refractivity contribution is 0.313. The van der Waals surface area contributed by atoms with Crippen molar-refractivity contribution in [2.75, 3.05) is 18.9 Å². The highest BCUT2D eigenvalue weighted by molar-refractivity contribution is 6.30. The second kappa shape index (κ2) is 6.35. The Balaban J connectivity index is 1.94. The van der Waals surface area contributed by atoms with E-state index in [4.69, 9.17) is 11.6 Å². The first-order chi connectivity index (χ1) is 10.7. The van der Waals surface area contributed by atoms with Crippen molar-refractivity contribution in [3.63, 3.8) is 0 Å². The molecule has 0 saturated carbocycles. The molecule has 4 nitrogen and oxygen atoms in total. The van der Waals surface area contributed by atoms with Gasteiger partial charge < -0.3 is 10.2 Å². The van der Waals surface area contributed by atoms with Gasteiger partial charge in [-0.3, -0.25) is 0 Å². The first-order valence-corrected chi connectivity index (χ1v) is 7.64. The van der Waals surface area contributed by atoms with Gasteiger partial charge in [0.05, 0.1) is 5.56 Å². The number of rotatable bonds is 3. The maximum atomic E-state index is 9.33. The van der Waals surface area contributed by atoms with Crippen LogP contribution in [0.5, 0.6) is 0 Å². The van der Waals surface area contributed by atoms with E-state index in [0.29, 0.717) is 17.3 Å². The van der Waals surface area contributed by atoms with Crippen LogP contribution in [0, 0.1) is 11.3 Å². The Morgan fingerprint density at radius 2 is 2.09 bits per heavy atom. The van der Waals surface area contributed by atoms with E-state index in [1.807, 2.05) is 18.2 Å². The summed E-state index contributed by atoms with van der Waals surface area (Å²) >= 11 is 6.20. The van der Waals surface area contributed by atoms with Crippen LogP contribution < -0.4 is 5.32 Å². The molecule has 0 spiro atoms. The molecule has 1 aromatic carbocycles. The van der Waals surface area contributed by atoms with Crippen LogP contribution in [0.25, 0.3) is 0 Å². The number of likely N-dealkylation sites (N-methyl/N-ethyl adjacent to an activating group) is 1. The van der Waals surface area contributed by atoms with Gasteiger partial charge in [-0.2, -0.15) is 5.26 Å². The monoisotopic (exact) mass is 312 g/mol. The Morgan fingerprint density at radius 3 is 2.82 bits per heavy atom. The van der Waals surface area contributed by atoms with Gasteiger partial charge in [-0.05, 0) is 24.6 Å². The van der Waals surface area contributed by atoms with Crippen LogP contribution >= 0.6 is 11.6 Å². The molecule has 3 rings (SSSR count). The summed E-state index contributed by atoms with van der Waals surface area (Å²) in [5, 5.41) is 13.0. The fraction of sp³-hybridized carbons (Fsp3) is 0.294. The quantitative estimate of drug-likeness (QED) is 0.884. The average Bonchev–Trinajstić information content (AvgIpc) is 2.54. The summed E-state index contributed by atoms with van der Waals surface area (Å²) in [6.45, 7) is 2.40. The third kappa shape index (κ3) is 2.92. The second-order valence-corrected chi connectivity index (χ2v) is 5.88. The van der Waals surface area contributed by atoms with E-state index in [0.717, 1.165) is 36.5 Å². The lowest BCUT2D eigenvalue weighted by atomic mass is 9.97. The highest BCUT2D eigenvalue weighted by atomic mass is 35.5. The number of nitriles is 1. The molecule has 22 heavy (non-hydrogen) atoms. The predicted molar refractivity (Wildman–Crippen MR) is 87.8 cm³/mol. The van der Waals surface area contributed by atoms with Gasteiger partial charge in [0.15, 0.2) is 0 Å². The molecule has 0 bridgehead atoms. The number of halogens is 1. The first kappa shape index (κ1) is 14.8. The predicted octanol–water partition coefficient (Wildman–Crippen LogP) is 3.21. The van der Waals surface area contributed by atoms with Crippen molar-refractivity contribution >= 4 is 17.4 Å². The zero-order chi connectivity index (χ0) is 15.5. The van der Waals surface area contributed by atoms with Crippen molar-refractivity contribution in [3.05, 3.63) is 57.7 Å². The third-order valence-electron chi connectivity index (χ3n) is 3.95. The van der Waals surface area contributed by atoms with Gasteiger partial charge in [0.25, 0.3) is 0 Å². The topological polar surface area (TPSA) is 52.0 Å². The molecule has 0 atom stereocenters. The summed E-state index contributed by atoms with van der Waals surface area (Å²) in [4.78, 5) is 6.64. The van der Waals surface area contributed by atoms with Gasteiger partial charge >= 0.3 is 0 Å². The summed E-state index contributed by atoms with van der Waals surface area (Å²) in [7, 11) is 2.07. The maximum absolute atomic E-state index is 9.33. The largest absolute Gasteiger partial charge is 0.366 e. The highest BCUT2D eigenvalue weighted by Crippen LogP contribution is 2.31. The lowest BCUT2D eigenvalue weighted by Crippen LogP contribution is -2.28. The van der Waals surface area contributed by atoms with Crippen molar-refractivity contribution in [1.29, 1.82) is 5.26 Å². The third-order valence-corrected chi connectivity index (χ3v) is 4.23. The summed E-state index contributed by atoms with van der Waals surface area (Å²) in [5.74, 6) is 0.786. The summed E-state index contributed by atoms with van der Waals surface area (Å²) in [6.07, 6.45) is 0.830. The zero-order valence-corrected chi connectivity index (χ0v) is 13.2. The van der Waals surface area contributed by atoms with Crippen LogP contribution in [-0.2, 0) is 19.5 Å². The van der Waals surface area contributed by atoms with Crippen LogP contribution in [-0.4, -0.2) is 23.5 Å². The molecule has 2 aromatic rings. The molecule has 1 aliphatic rings. The molecule has 0 radical (unpaired) electrons. The molecule has 1 aromatic heterocycles. The maximum Gasteiger partial charge on any atom is 0.149 e. The Bertz CT molecular complexity index is 722. The summed E-state index contributed by atoms with van der Waals surface area (Å²) in [6, 6.07) is 12.4. The Labute approximate surface area is 135 Å². The van der Waals surface area contributed by atoms with Crippen LogP contribution in [0.1, 0.15) is 22.3 Å². The first-order valence-electron chi connectivity index (χ1n) is 7.26. The summed E-state index contributed by atoms with van der Waals surface area (Å²) in [5.41, 5.74) is 3.83. The molecule has 0 aliphatic carbocycles. The van der Waals surface area contributed by atoms with E-state index in [1.54, 1.807) is 0 Å². The van der Waals surface area contributed by atoms with Crippen LogP contribution in [0.4, 0.5) is 5.82 Å². The minimum Gasteiger partial charge on any atom is -0.366 e. The van der Waals surface area contributed by atoms with E-state index in [9.17, 15) is 5.26 Å². The number of pyridine rings is 1. The molecule has 112 valence electrons. The van der Waals surface area contributed by atoms with E-state index >= 15 is 0 Å². The minimum atomic E-state index is 0.293. The number of fused-ring (bicyclic) bond motifs is 1. The van der Waals surface area contributed by atoms with Gasteiger partial charge in [-0.25, -0.2) is 4.98 Å². The van der Waals surface area contributed by atoms with Gasteiger partial charge in [-0.15, -0.1) is 0 Å². The fourth-order valence-corrected chi connectivity index (χ4v) is 3.02. The number of nitrogens with zero attached hydrogens (tertiary/aromatic N) is 3. The molecule has 2 heterocycles. The van der Waals surface area contributed by atoms with E-state index < -0.39 is 0 Å². The number of nitrogens with one attached hydrogen (secondary N) is 1. The minimum absolute atomic E-state index is 0.293. The van der Waals surface area contributed by atoms with Crippen LogP contribution in [0.2, 0.25) is 5.15 Å². The summed E-state index contributed by atoms with van der Waals surface area (Å²) < 4.78 is 0. The fourth-order valence-electron chi connectivity index (χ4n) is 2.78. The van der Waals surface area contributed by atoms with Gasteiger partial charge in [0, 0.05) is 25.2 Å². The molecule has 0 saturated heterocycles. The van der Waals surface area contributed by atoms with Crippen LogP contribution in [0.3, 0.4) is 0 Å². The number of hydrogen-bond acceptors (Lipinski definition) is 4. The van der Waals surface area contributed by atoms with Gasteiger partial charge in [0.1, 0.15) is 17.0 Å². The van der Waals surface area contributed by atoms with Gasteiger partial charge in [0.2, 0.25) is 0 Å². The lowest BCUT2D eigenvalue weighted by Gasteiger charge is -2.27. The SMILES string of the molecule is CN1CCc2c(C#N)c(Cl)nc(NCc3ccccc3)c2C1. The zero-order valence-electron chi connectivity index (χ0n) is 12.4. The van der Waals surface area contributed by atoms with E-state index in [2.05, 4.69) is 40.5 Å². The normalized spacial score (nSPS) is 14.2. The molecular weight excluding hydrogens is 296 g/mol. The van der Waals surface area contributed by atoms with Crippen molar-refractivity contribution in [3.8, 4) is 6.07 Å². The molecule has 5 heteroatoms. The Kier molecular flexibility index (Phi) is 4.28. The smallest absolute Gasteiger partial charge is 0.149 e. The standard InChI is InChI=1S/C17H17ClN4/c1-22-8-7-13-14(9-19)16(18)21-17(15(13)11-22)20-10-12-5-3-2-4-6-12/h2-6H,7-8,10-11H2,1H3,(H,20,21). The Hall–Kier alpha value is -2.09. The number of anilines is 1. The number of hydrogen-bond donors (Lipinski definition) is 1. The molecule has 1 N–H and O–H groups in total. The molecule has 0 unspecified atom stereocenters. The van der Waals surface area contributed by atoms with Crippen molar-refractivity contribution < 1.29 is 0 Å². The van der Waals surface area contributed by atoms with Crippen molar-refractivity contribution in [1.82, 2.24) is 9.88 Å². The average molecular weight is 313 g/mol. The van der Waals surface area contributed by atoms with Crippen LogP contribution in [0.15, 0.2) is 30.3 Å². The van der Waals surface area contributed by atoms with E-state index in [1.165, 1.54) is 5.56 Å².